The molecule has 1 aromatic heterocycles. The summed E-state index contributed by atoms with van der Waals surface area (Å²) in [6, 6.07) is 0. The minimum atomic E-state index is -0.227. The van der Waals surface area contributed by atoms with Crippen LogP contribution in [0, 0.1) is 0 Å². The van der Waals surface area contributed by atoms with Crippen LogP contribution in [0.3, 0.4) is 0 Å². The number of hydrogen-bond acceptors (Lipinski definition) is 4. The summed E-state index contributed by atoms with van der Waals surface area (Å²) in [5.41, 5.74) is 0. The van der Waals surface area contributed by atoms with Crippen molar-refractivity contribution in [1.82, 2.24) is 19.7 Å². The lowest BCUT2D eigenvalue weighted by Crippen LogP contribution is -2.25. The summed E-state index contributed by atoms with van der Waals surface area (Å²) < 4.78 is 2.23. The van der Waals surface area contributed by atoms with E-state index in [1.165, 1.54) is 13.0 Å². The normalized spacial score (nSPS) is 29.5. The predicted molar refractivity (Wildman–Crippen MR) is 63.8 cm³/mol. The number of rotatable bonds is 2. The van der Waals surface area contributed by atoms with Crippen LogP contribution in [0.2, 0.25) is 0 Å². The first-order chi connectivity index (χ1) is 8.28. The van der Waals surface area contributed by atoms with Gasteiger partial charge in [0.05, 0.1) is 6.10 Å². The maximum atomic E-state index is 9.62. The molecule has 2 aliphatic heterocycles. The molecule has 17 heavy (non-hydrogen) atoms. The van der Waals surface area contributed by atoms with E-state index in [1.807, 2.05) is 0 Å². The number of nitrogens with zero attached hydrogens (tertiary/aromatic N) is 4. The fraction of sp³-hybridized carbons (Fsp3) is 0.833. The fourth-order valence-corrected chi connectivity index (χ4v) is 2.97. The van der Waals surface area contributed by atoms with Crippen molar-refractivity contribution in [1.29, 1.82) is 0 Å². The van der Waals surface area contributed by atoms with Crippen molar-refractivity contribution in [3.63, 3.8) is 0 Å². The zero-order valence-electron chi connectivity index (χ0n) is 10.3. The summed E-state index contributed by atoms with van der Waals surface area (Å²) >= 11 is 0. The summed E-state index contributed by atoms with van der Waals surface area (Å²) in [7, 11) is 0. The summed E-state index contributed by atoms with van der Waals surface area (Å²) in [4.78, 5) is 2.46. The number of aliphatic hydroxyl groups is 1. The lowest BCUT2D eigenvalue weighted by molar-refractivity contribution is 0.140. The largest absolute Gasteiger partial charge is 0.393 e. The van der Waals surface area contributed by atoms with E-state index in [2.05, 4.69) is 26.6 Å². The van der Waals surface area contributed by atoms with Crippen LogP contribution in [0.25, 0.3) is 0 Å². The second kappa shape index (κ2) is 4.38. The summed E-state index contributed by atoms with van der Waals surface area (Å²) in [6.45, 7) is 6.48. The molecule has 1 saturated heterocycles. The van der Waals surface area contributed by atoms with E-state index in [1.54, 1.807) is 0 Å². The third kappa shape index (κ3) is 1.98. The molecular formula is C12H20N4O. The maximum Gasteiger partial charge on any atom is 0.137 e. The average Bonchev–Trinajstić information content (AvgIpc) is 2.93. The molecule has 3 rings (SSSR count). The molecule has 2 aliphatic rings. The lowest BCUT2D eigenvalue weighted by atomic mass is 10.1. The van der Waals surface area contributed by atoms with Crippen LogP contribution in [0.15, 0.2) is 0 Å². The molecule has 3 heterocycles. The van der Waals surface area contributed by atoms with E-state index in [0.29, 0.717) is 12.3 Å². The standard InChI is InChI=1S/C12H20N4O/c1-2-15-5-3-9(8-15)12-14-13-11-7-10(17)4-6-16(11)12/h9-10,17H,2-8H2,1H3. The van der Waals surface area contributed by atoms with E-state index in [-0.39, 0.29) is 6.10 Å². The Hall–Kier alpha value is -0.940. The van der Waals surface area contributed by atoms with Crippen molar-refractivity contribution in [3.05, 3.63) is 11.6 Å². The third-order valence-corrected chi connectivity index (χ3v) is 4.04. The Labute approximate surface area is 101 Å². The average molecular weight is 236 g/mol. The van der Waals surface area contributed by atoms with Crippen LogP contribution >= 0.6 is 0 Å². The fourth-order valence-electron chi connectivity index (χ4n) is 2.97. The van der Waals surface area contributed by atoms with E-state index in [4.69, 9.17) is 0 Å². The van der Waals surface area contributed by atoms with Gasteiger partial charge in [-0.3, -0.25) is 0 Å². The van der Waals surface area contributed by atoms with E-state index in [9.17, 15) is 5.11 Å². The van der Waals surface area contributed by atoms with Gasteiger partial charge in [0.25, 0.3) is 0 Å². The van der Waals surface area contributed by atoms with Gasteiger partial charge in [-0.1, -0.05) is 6.92 Å². The molecule has 94 valence electrons. The Morgan fingerprint density at radius 1 is 1.29 bits per heavy atom. The molecule has 1 aromatic rings. The van der Waals surface area contributed by atoms with Crippen LogP contribution in [-0.2, 0) is 13.0 Å². The molecule has 5 heteroatoms. The van der Waals surface area contributed by atoms with Gasteiger partial charge < -0.3 is 14.6 Å². The monoisotopic (exact) mass is 236 g/mol. The minimum Gasteiger partial charge on any atom is -0.393 e. The van der Waals surface area contributed by atoms with Crippen molar-refractivity contribution < 1.29 is 5.11 Å². The van der Waals surface area contributed by atoms with Crippen molar-refractivity contribution >= 4 is 0 Å². The number of aromatic nitrogens is 3. The number of aliphatic hydroxyl groups excluding tert-OH is 1. The van der Waals surface area contributed by atoms with Gasteiger partial charge in [0, 0.05) is 25.4 Å². The van der Waals surface area contributed by atoms with Gasteiger partial charge in [-0.05, 0) is 25.9 Å². The van der Waals surface area contributed by atoms with Crippen molar-refractivity contribution in [2.45, 2.75) is 44.8 Å². The molecule has 0 aliphatic carbocycles. The molecule has 2 unspecified atom stereocenters. The number of fused-ring (bicyclic) bond motifs is 1. The molecule has 0 saturated carbocycles. The highest BCUT2D eigenvalue weighted by atomic mass is 16.3. The summed E-state index contributed by atoms with van der Waals surface area (Å²) in [6.07, 6.45) is 2.46. The van der Waals surface area contributed by atoms with Gasteiger partial charge in [0.2, 0.25) is 0 Å². The smallest absolute Gasteiger partial charge is 0.137 e. The van der Waals surface area contributed by atoms with Crippen LogP contribution in [0.5, 0.6) is 0 Å². The highest BCUT2D eigenvalue weighted by molar-refractivity contribution is 5.08. The zero-order valence-corrected chi connectivity index (χ0v) is 10.3. The van der Waals surface area contributed by atoms with Gasteiger partial charge in [0.1, 0.15) is 11.6 Å². The van der Waals surface area contributed by atoms with Crippen molar-refractivity contribution in [2.24, 2.45) is 0 Å². The lowest BCUT2D eigenvalue weighted by Gasteiger charge is -2.21. The molecule has 0 bridgehead atoms. The third-order valence-electron chi connectivity index (χ3n) is 4.04. The van der Waals surface area contributed by atoms with E-state index in [0.717, 1.165) is 37.7 Å². The van der Waals surface area contributed by atoms with E-state index < -0.39 is 0 Å². The molecule has 1 N–H and O–H groups in total. The van der Waals surface area contributed by atoms with Gasteiger partial charge in [-0.2, -0.15) is 0 Å². The predicted octanol–water partition coefficient (Wildman–Crippen LogP) is 0.394. The molecule has 0 aromatic carbocycles. The Morgan fingerprint density at radius 3 is 2.94 bits per heavy atom. The Bertz CT molecular complexity index is 403. The van der Waals surface area contributed by atoms with Gasteiger partial charge in [-0.15, -0.1) is 10.2 Å². The number of likely N-dealkylation sites (N-methyl/N-ethyl adjacent to an activating group) is 1. The summed E-state index contributed by atoms with van der Waals surface area (Å²) in [5.74, 6) is 2.64. The molecule has 0 spiro atoms. The zero-order chi connectivity index (χ0) is 11.8. The molecule has 1 fully saturated rings. The number of hydrogen-bond donors (Lipinski definition) is 1. The number of likely N-dealkylation sites (tertiary alicyclic amines) is 1. The van der Waals surface area contributed by atoms with Crippen LogP contribution in [0.1, 0.15) is 37.3 Å². The van der Waals surface area contributed by atoms with Crippen LogP contribution in [0.4, 0.5) is 0 Å². The Morgan fingerprint density at radius 2 is 2.18 bits per heavy atom. The first-order valence-corrected chi connectivity index (χ1v) is 6.60. The molecular weight excluding hydrogens is 216 g/mol. The molecule has 0 radical (unpaired) electrons. The first kappa shape index (κ1) is 11.2. The Balaban J connectivity index is 1.80. The quantitative estimate of drug-likeness (QED) is 0.807. The van der Waals surface area contributed by atoms with Crippen molar-refractivity contribution in [2.75, 3.05) is 19.6 Å². The second-order valence-electron chi connectivity index (χ2n) is 5.15. The van der Waals surface area contributed by atoms with Gasteiger partial charge in [-0.25, -0.2) is 0 Å². The van der Waals surface area contributed by atoms with E-state index >= 15 is 0 Å². The topological polar surface area (TPSA) is 54.2 Å². The Kier molecular flexibility index (Phi) is 2.88. The maximum absolute atomic E-state index is 9.62. The molecule has 5 nitrogen and oxygen atoms in total. The second-order valence-corrected chi connectivity index (χ2v) is 5.15. The van der Waals surface area contributed by atoms with Crippen LogP contribution < -0.4 is 0 Å². The van der Waals surface area contributed by atoms with Crippen molar-refractivity contribution in [3.8, 4) is 0 Å². The molecule has 2 atom stereocenters. The van der Waals surface area contributed by atoms with Gasteiger partial charge in [0.15, 0.2) is 0 Å². The summed E-state index contributed by atoms with van der Waals surface area (Å²) in [5, 5.41) is 18.2. The highest BCUT2D eigenvalue weighted by Crippen LogP contribution is 2.28. The van der Waals surface area contributed by atoms with Crippen LogP contribution in [-0.4, -0.2) is 50.5 Å². The highest BCUT2D eigenvalue weighted by Gasteiger charge is 2.30. The minimum absolute atomic E-state index is 0.227. The first-order valence-electron chi connectivity index (χ1n) is 6.60. The molecule has 0 amide bonds. The van der Waals surface area contributed by atoms with Gasteiger partial charge >= 0.3 is 0 Å². The SMILES string of the molecule is CCN1CCC(c2nnc3n2CCC(O)C3)C1.